The van der Waals surface area contributed by atoms with E-state index in [4.69, 9.17) is 4.74 Å². The number of hydrogen-bond donors (Lipinski definition) is 1. The fourth-order valence-corrected chi connectivity index (χ4v) is 0.838. The lowest BCUT2D eigenvalue weighted by Gasteiger charge is -2.11. The van der Waals surface area contributed by atoms with Gasteiger partial charge in [-0.25, -0.2) is 0 Å². The molecule has 0 aromatic rings. The fourth-order valence-electron chi connectivity index (χ4n) is 0.838. The van der Waals surface area contributed by atoms with Crippen molar-refractivity contribution in [2.45, 2.75) is 33.7 Å². The van der Waals surface area contributed by atoms with Crippen molar-refractivity contribution in [3.63, 3.8) is 0 Å². The molecule has 0 saturated heterocycles. The Morgan fingerprint density at radius 3 is 2.38 bits per heavy atom. The van der Waals surface area contributed by atoms with Crippen LogP contribution in [0.1, 0.15) is 27.7 Å². The largest absolute Gasteiger partial charge is 0.377 e. The molecule has 0 rings (SSSR count). The third kappa shape index (κ3) is 9.57. The van der Waals surface area contributed by atoms with Crippen LogP contribution in [0.3, 0.4) is 0 Å². The molecule has 0 amide bonds. The van der Waals surface area contributed by atoms with Crippen molar-refractivity contribution in [3.8, 4) is 0 Å². The molecule has 0 saturated carbocycles. The summed E-state index contributed by atoms with van der Waals surface area (Å²) in [5, 5.41) is 3.30. The first-order valence-corrected chi connectivity index (χ1v) is 5.00. The molecule has 2 heteroatoms. The highest BCUT2D eigenvalue weighted by atomic mass is 16.5. The minimum absolute atomic E-state index is 0.516. The van der Waals surface area contributed by atoms with Gasteiger partial charge in [-0.2, -0.15) is 0 Å². The summed E-state index contributed by atoms with van der Waals surface area (Å²) in [6.45, 7) is 14.8. The maximum Gasteiger partial charge on any atom is 0.0686 e. The van der Waals surface area contributed by atoms with E-state index in [-0.39, 0.29) is 0 Å². The molecule has 13 heavy (non-hydrogen) atoms. The van der Waals surface area contributed by atoms with Crippen molar-refractivity contribution in [1.82, 2.24) is 5.32 Å². The van der Waals surface area contributed by atoms with Gasteiger partial charge in [0.05, 0.1) is 6.61 Å². The zero-order valence-electron chi connectivity index (χ0n) is 9.39. The molecule has 0 spiro atoms. The SMILES string of the molecule is C=C(CNC(C)C)COCC(C)C. The molecule has 0 aromatic heterocycles. The minimum atomic E-state index is 0.516. The topological polar surface area (TPSA) is 21.3 Å². The lowest BCUT2D eigenvalue weighted by atomic mass is 10.2. The molecule has 0 aromatic carbocycles. The number of hydrogen-bond acceptors (Lipinski definition) is 2. The van der Waals surface area contributed by atoms with Gasteiger partial charge in [-0.3, -0.25) is 0 Å². The molecule has 0 radical (unpaired) electrons. The molecule has 2 nitrogen and oxygen atoms in total. The van der Waals surface area contributed by atoms with Crippen molar-refractivity contribution in [3.05, 3.63) is 12.2 Å². The van der Waals surface area contributed by atoms with E-state index >= 15 is 0 Å². The van der Waals surface area contributed by atoms with Gasteiger partial charge >= 0.3 is 0 Å². The monoisotopic (exact) mass is 185 g/mol. The van der Waals surface area contributed by atoms with Crippen LogP contribution in [0.5, 0.6) is 0 Å². The van der Waals surface area contributed by atoms with E-state index in [1.807, 2.05) is 0 Å². The van der Waals surface area contributed by atoms with Crippen LogP contribution >= 0.6 is 0 Å². The zero-order chi connectivity index (χ0) is 10.3. The summed E-state index contributed by atoms with van der Waals surface area (Å²) in [5.41, 5.74) is 1.12. The maximum atomic E-state index is 5.45. The van der Waals surface area contributed by atoms with Gasteiger partial charge in [0.25, 0.3) is 0 Å². The second-order valence-electron chi connectivity index (χ2n) is 4.19. The quantitative estimate of drug-likeness (QED) is 0.614. The molecule has 0 bridgehead atoms. The molecule has 1 N–H and O–H groups in total. The van der Waals surface area contributed by atoms with E-state index in [1.54, 1.807) is 0 Å². The highest BCUT2D eigenvalue weighted by Crippen LogP contribution is 1.96. The van der Waals surface area contributed by atoms with Crippen LogP contribution in [0, 0.1) is 5.92 Å². The van der Waals surface area contributed by atoms with Crippen LogP contribution < -0.4 is 5.32 Å². The summed E-state index contributed by atoms with van der Waals surface area (Å²) in [5.74, 6) is 0.603. The predicted octanol–water partition coefficient (Wildman–Crippen LogP) is 2.21. The van der Waals surface area contributed by atoms with Crippen LogP contribution in [0.25, 0.3) is 0 Å². The summed E-state index contributed by atoms with van der Waals surface area (Å²) in [6, 6.07) is 0.516. The van der Waals surface area contributed by atoms with E-state index in [1.165, 1.54) is 0 Å². The molecule has 0 unspecified atom stereocenters. The van der Waals surface area contributed by atoms with E-state index < -0.39 is 0 Å². The zero-order valence-corrected chi connectivity index (χ0v) is 9.39. The maximum absolute atomic E-state index is 5.45. The Balaban J connectivity index is 3.30. The Labute approximate surface area is 82.4 Å². The first kappa shape index (κ1) is 12.7. The summed E-state index contributed by atoms with van der Waals surface area (Å²) >= 11 is 0. The number of rotatable bonds is 7. The van der Waals surface area contributed by atoms with Gasteiger partial charge in [-0.05, 0) is 11.5 Å². The van der Waals surface area contributed by atoms with Crippen LogP contribution in [0.15, 0.2) is 12.2 Å². The molecular formula is C11H23NO. The minimum Gasteiger partial charge on any atom is -0.377 e. The molecule has 0 fully saturated rings. The Morgan fingerprint density at radius 2 is 1.92 bits per heavy atom. The van der Waals surface area contributed by atoms with Gasteiger partial charge in [0.2, 0.25) is 0 Å². The molecule has 0 aliphatic rings. The first-order valence-electron chi connectivity index (χ1n) is 5.00. The smallest absolute Gasteiger partial charge is 0.0686 e. The molecule has 78 valence electrons. The van der Waals surface area contributed by atoms with Crippen molar-refractivity contribution in [2.75, 3.05) is 19.8 Å². The van der Waals surface area contributed by atoms with Crippen molar-refractivity contribution >= 4 is 0 Å². The summed E-state index contributed by atoms with van der Waals surface area (Å²) in [6.07, 6.45) is 0. The van der Waals surface area contributed by atoms with Crippen LogP contribution in [-0.2, 0) is 4.74 Å². The summed E-state index contributed by atoms with van der Waals surface area (Å²) < 4.78 is 5.45. The molecule has 0 aliphatic heterocycles. The lowest BCUT2D eigenvalue weighted by Crippen LogP contribution is -2.26. The second-order valence-corrected chi connectivity index (χ2v) is 4.19. The lowest BCUT2D eigenvalue weighted by molar-refractivity contribution is 0.128. The Hall–Kier alpha value is -0.340. The molecular weight excluding hydrogens is 162 g/mol. The van der Waals surface area contributed by atoms with Gasteiger partial charge in [0.15, 0.2) is 0 Å². The van der Waals surface area contributed by atoms with Gasteiger partial charge in [0, 0.05) is 19.2 Å². The summed E-state index contributed by atoms with van der Waals surface area (Å²) in [7, 11) is 0. The Morgan fingerprint density at radius 1 is 1.31 bits per heavy atom. The predicted molar refractivity (Wildman–Crippen MR) is 57.9 cm³/mol. The second kappa shape index (κ2) is 7.10. The van der Waals surface area contributed by atoms with Crippen molar-refractivity contribution < 1.29 is 4.74 Å². The van der Waals surface area contributed by atoms with Gasteiger partial charge in [-0.15, -0.1) is 0 Å². The normalized spacial score (nSPS) is 11.2. The van der Waals surface area contributed by atoms with Crippen LogP contribution in [-0.4, -0.2) is 25.8 Å². The Bertz CT molecular complexity index is 141. The number of nitrogens with one attached hydrogen (secondary N) is 1. The molecule has 0 aliphatic carbocycles. The van der Waals surface area contributed by atoms with Gasteiger partial charge < -0.3 is 10.1 Å². The third-order valence-electron chi connectivity index (χ3n) is 1.52. The van der Waals surface area contributed by atoms with E-state index in [0.29, 0.717) is 18.6 Å². The molecule has 0 atom stereocenters. The third-order valence-corrected chi connectivity index (χ3v) is 1.52. The van der Waals surface area contributed by atoms with Gasteiger partial charge in [-0.1, -0.05) is 34.3 Å². The highest BCUT2D eigenvalue weighted by molar-refractivity contribution is 4.97. The van der Waals surface area contributed by atoms with Crippen molar-refractivity contribution in [2.24, 2.45) is 5.92 Å². The molecule has 0 heterocycles. The first-order chi connectivity index (χ1) is 6.02. The fraction of sp³-hybridized carbons (Fsp3) is 0.818. The van der Waals surface area contributed by atoms with E-state index in [0.717, 1.165) is 18.7 Å². The highest BCUT2D eigenvalue weighted by Gasteiger charge is 1.98. The standard InChI is InChI=1S/C11H23NO/c1-9(2)7-13-8-11(5)6-12-10(3)4/h9-10,12H,5-8H2,1-4H3. The average Bonchev–Trinajstić information content (AvgIpc) is 2.00. The average molecular weight is 185 g/mol. The Kier molecular flexibility index (Phi) is 6.92. The van der Waals surface area contributed by atoms with Gasteiger partial charge in [0.1, 0.15) is 0 Å². The van der Waals surface area contributed by atoms with Crippen molar-refractivity contribution in [1.29, 1.82) is 0 Å². The van der Waals surface area contributed by atoms with Crippen LogP contribution in [0.4, 0.5) is 0 Å². The van der Waals surface area contributed by atoms with E-state index in [9.17, 15) is 0 Å². The summed E-state index contributed by atoms with van der Waals surface area (Å²) in [4.78, 5) is 0. The number of ether oxygens (including phenoxy) is 1. The van der Waals surface area contributed by atoms with E-state index in [2.05, 4.69) is 39.6 Å². The van der Waals surface area contributed by atoms with Crippen LogP contribution in [0.2, 0.25) is 0 Å².